The molecular formula is C15H17N3O4. The highest BCUT2D eigenvalue weighted by atomic mass is 16.5. The van der Waals surface area contributed by atoms with E-state index < -0.39 is 6.04 Å². The van der Waals surface area contributed by atoms with Crippen molar-refractivity contribution < 1.29 is 18.8 Å². The van der Waals surface area contributed by atoms with E-state index in [0.717, 1.165) is 0 Å². The monoisotopic (exact) mass is 303 g/mol. The molecule has 116 valence electrons. The molecule has 7 nitrogen and oxygen atoms in total. The Morgan fingerprint density at radius 3 is 2.68 bits per heavy atom. The molecule has 0 saturated heterocycles. The Morgan fingerprint density at radius 2 is 2.05 bits per heavy atom. The summed E-state index contributed by atoms with van der Waals surface area (Å²) in [6, 6.07) is 9.83. The summed E-state index contributed by atoms with van der Waals surface area (Å²) in [5.41, 5.74) is 0. The molecule has 0 saturated carbocycles. The van der Waals surface area contributed by atoms with Crippen molar-refractivity contribution in [1.29, 1.82) is 0 Å². The molecule has 0 spiro atoms. The summed E-state index contributed by atoms with van der Waals surface area (Å²) in [5.74, 6) is 0.712. The topological polar surface area (TPSA) is 93.5 Å². The Bertz CT molecular complexity index is 639. The number of ether oxygens (including phenoxy) is 1. The van der Waals surface area contributed by atoms with Crippen molar-refractivity contribution in [3.8, 4) is 5.75 Å². The molecule has 2 aromatic rings. The molecule has 0 unspecified atom stereocenters. The number of nitrogens with one attached hydrogen (secondary N) is 2. The van der Waals surface area contributed by atoms with E-state index >= 15 is 0 Å². The molecule has 0 radical (unpaired) electrons. The summed E-state index contributed by atoms with van der Waals surface area (Å²) in [4.78, 5) is 23.6. The average molecular weight is 303 g/mol. The average Bonchev–Trinajstić information content (AvgIpc) is 2.91. The molecule has 1 atom stereocenters. The van der Waals surface area contributed by atoms with Crippen molar-refractivity contribution in [2.24, 2.45) is 0 Å². The van der Waals surface area contributed by atoms with Crippen LogP contribution < -0.4 is 15.4 Å². The van der Waals surface area contributed by atoms with Crippen molar-refractivity contribution in [2.45, 2.75) is 19.9 Å². The van der Waals surface area contributed by atoms with Gasteiger partial charge in [0.2, 0.25) is 5.91 Å². The van der Waals surface area contributed by atoms with E-state index in [2.05, 4.69) is 15.8 Å². The van der Waals surface area contributed by atoms with Crippen LogP contribution in [0.4, 0.5) is 5.82 Å². The first-order chi connectivity index (χ1) is 10.5. The number of anilines is 1. The molecular weight excluding hydrogens is 286 g/mol. The molecule has 2 rings (SSSR count). The molecule has 1 heterocycles. The maximum atomic E-state index is 11.9. The molecule has 0 bridgehead atoms. The summed E-state index contributed by atoms with van der Waals surface area (Å²) in [5, 5.41) is 8.73. The van der Waals surface area contributed by atoms with Crippen molar-refractivity contribution in [1.82, 2.24) is 10.5 Å². The van der Waals surface area contributed by atoms with E-state index in [0.29, 0.717) is 17.3 Å². The lowest BCUT2D eigenvalue weighted by Crippen LogP contribution is -2.43. The van der Waals surface area contributed by atoms with Crippen molar-refractivity contribution >= 4 is 17.6 Å². The maximum absolute atomic E-state index is 11.9. The highest BCUT2D eigenvalue weighted by molar-refractivity contribution is 5.96. The molecule has 0 aliphatic carbocycles. The number of hydrogen-bond acceptors (Lipinski definition) is 5. The van der Waals surface area contributed by atoms with E-state index in [9.17, 15) is 9.59 Å². The molecule has 22 heavy (non-hydrogen) atoms. The summed E-state index contributed by atoms with van der Waals surface area (Å²) in [7, 11) is 0. The van der Waals surface area contributed by atoms with Crippen LogP contribution in [0.1, 0.15) is 12.7 Å². The lowest BCUT2D eigenvalue weighted by Gasteiger charge is -2.13. The summed E-state index contributed by atoms with van der Waals surface area (Å²) in [6.07, 6.45) is 0. The Labute approximate surface area is 127 Å². The number of aromatic nitrogens is 1. The molecule has 2 N–H and O–H groups in total. The van der Waals surface area contributed by atoms with Crippen molar-refractivity contribution in [3.63, 3.8) is 0 Å². The number of carbonyl (C=O) groups is 2. The number of benzene rings is 1. The first-order valence-electron chi connectivity index (χ1n) is 6.76. The van der Waals surface area contributed by atoms with Gasteiger partial charge in [0.1, 0.15) is 17.6 Å². The zero-order valence-electron chi connectivity index (χ0n) is 12.3. The first-order valence-corrected chi connectivity index (χ1v) is 6.76. The standard InChI is InChI=1S/C15H17N3O4/c1-10-8-13(18-22-10)17-15(20)11(2)16-14(19)9-21-12-6-4-3-5-7-12/h3-8,11H,9H2,1-2H3,(H,16,19)(H,17,18,20)/t11-/m1/s1. The minimum Gasteiger partial charge on any atom is -0.484 e. The summed E-state index contributed by atoms with van der Waals surface area (Å²) in [6.45, 7) is 3.13. The number of aryl methyl sites for hydroxylation is 1. The van der Waals surface area contributed by atoms with Gasteiger partial charge < -0.3 is 19.9 Å². The Morgan fingerprint density at radius 1 is 1.32 bits per heavy atom. The Kier molecular flexibility index (Phi) is 5.13. The third-order valence-corrected chi connectivity index (χ3v) is 2.76. The van der Waals surface area contributed by atoms with Gasteiger partial charge in [-0.15, -0.1) is 0 Å². The molecule has 0 aliphatic heterocycles. The van der Waals surface area contributed by atoms with Crippen molar-refractivity contribution in [3.05, 3.63) is 42.2 Å². The summed E-state index contributed by atoms with van der Waals surface area (Å²) >= 11 is 0. The summed E-state index contributed by atoms with van der Waals surface area (Å²) < 4.78 is 10.1. The van der Waals surface area contributed by atoms with E-state index in [1.165, 1.54) is 0 Å². The predicted octanol–water partition coefficient (Wildman–Crippen LogP) is 1.51. The predicted molar refractivity (Wildman–Crippen MR) is 79.4 cm³/mol. The highest BCUT2D eigenvalue weighted by Gasteiger charge is 2.17. The van der Waals surface area contributed by atoms with Gasteiger partial charge in [-0.2, -0.15) is 0 Å². The minimum absolute atomic E-state index is 0.162. The number of para-hydroxylation sites is 1. The van der Waals surface area contributed by atoms with Gasteiger partial charge in [-0.1, -0.05) is 23.4 Å². The number of hydrogen-bond donors (Lipinski definition) is 2. The SMILES string of the molecule is Cc1cc(NC(=O)[C@@H](C)NC(=O)COc2ccccc2)no1. The largest absolute Gasteiger partial charge is 0.484 e. The van der Waals surface area contributed by atoms with Crippen LogP contribution in [0.5, 0.6) is 5.75 Å². The van der Waals surface area contributed by atoms with Crippen LogP contribution in [0.15, 0.2) is 40.9 Å². The fourth-order valence-electron chi connectivity index (χ4n) is 1.67. The van der Waals surface area contributed by atoms with Crippen LogP contribution >= 0.6 is 0 Å². The number of amides is 2. The van der Waals surface area contributed by atoms with Crippen LogP contribution in [0.25, 0.3) is 0 Å². The Balaban J connectivity index is 1.76. The second-order valence-electron chi connectivity index (χ2n) is 4.70. The molecule has 0 fully saturated rings. The van der Waals surface area contributed by atoms with E-state index in [4.69, 9.17) is 9.26 Å². The minimum atomic E-state index is -0.719. The van der Waals surface area contributed by atoms with Crippen LogP contribution in [0.3, 0.4) is 0 Å². The van der Waals surface area contributed by atoms with Crippen LogP contribution in [-0.2, 0) is 9.59 Å². The van der Waals surface area contributed by atoms with Gasteiger partial charge in [-0.05, 0) is 26.0 Å². The van der Waals surface area contributed by atoms with Gasteiger partial charge in [0.15, 0.2) is 12.4 Å². The lowest BCUT2D eigenvalue weighted by molar-refractivity contribution is -0.127. The van der Waals surface area contributed by atoms with Gasteiger partial charge in [0, 0.05) is 6.07 Å². The quantitative estimate of drug-likeness (QED) is 0.843. The number of carbonyl (C=O) groups excluding carboxylic acids is 2. The smallest absolute Gasteiger partial charge is 0.258 e. The molecule has 1 aromatic heterocycles. The third-order valence-electron chi connectivity index (χ3n) is 2.76. The first kappa shape index (κ1) is 15.6. The fraction of sp³-hybridized carbons (Fsp3) is 0.267. The van der Waals surface area contributed by atoms with Crippen LogP contribution in [0, 0.1) is 6.92 Å². The van der Waals surface area contributed by atoms with Gasteiger partial charge in [0.25, 0.3) is 5.91 Å². The van der Waals surface area contributed by atoms with Crippen LogP contribution in [0.2, 0.25) is 0 Å². The van der Waals surface area contributed by atoms with Crippen LogP contribution in [-0.4, -0.2) is 29.6 Å². The molecule has 2 amide bonds. The Hall–Kier alpha value is -2.83. The van der Waals surface area contributed by atoms with E-state index in [-0.39, 0.29) is 18.4 Å². The molecule has 7 heteroatoms. The normalized spacial score (nSPS) is 11.5. The van der Waals surface area contributed by atoms with Gasteiger partial charge in [0.05, 0.1) is 0 Å². The third kappa shape index (κ3) is 4.62. The van der Waals surface area contributed by atoms with Gasteiger partial charge in [-0.3, -0.25) is 9.59 Å². The fourth-order valence-corrected chi connectivity index (χ4v) is 1.67. The van der Waals surface area contributed by atoms with E-state index in [1.807, 2.05) is 18.2 Å². The van der Waals surface area contributed by atoms with E-state index in [1.54, 1.807) is 32.0 Å². The van der Waals surface area contributed by atoms with Crippen molar-refractivity contribution in [2.75, 3.05) is 11.9 Å². The molecule has 0 aliphatic rings. The zero-order chi connectivity index (χ0) is 15.9. The lowest BCUT2D eigenvalue weighted by atomic mass is 10.3. The second-order valence-corrected chi connectivity index (χ2v) is 4.70. The zero-order valence-corrected chi connectivity index (χ0v) is 12.3. The molecule has 1 aromatic carbocycles. The number of rotatable bonds is 6. The van der Waals surface area contributed by atoms with Gasteiger partial charge in [-0.25, -0.2) is 0 Å². The maximum Gasteiger partial charge on any atom is 0.258 e. The number of nitrogens with zero attached hydrogens (tertiary/aromatic N) is 1. The second kappa shape index (κ2) is 7.26. The highest BCUT2D eigenvalue weighted by Crippen LogP contribution is 2.08. The van der Waals surface area contributed by atoms with Gasteiger partial charge >= 0.3 is 0 Å².